The molecule has 5 rings (SSSR count). The molecule has 4 saturated carbocycles. The number of aromatic nitrogens is 2. The molecule has 4 aliphatic carbocycles. The van der Waals surface area contributed by atoms with Crippen molar-refractivity contribution in [2.24, 2.45) is 29.6 Å². The van der Waals surface area contributed by atoms with Crippen molar-refractivity contribution in [3.63, 3.8) is 0 Å². The molecule has 1 aromatic rings. The van der Waals surface area contributed by atoms with Gasteiger partial charge in [-0.1, -0.05) is 0 Å². The van der Waals surface area contributed by atoms with Gasteiger partial charge < -0.3 is 5.73 Å². The van der Waals surface area contributed by atoms with Crippen molar-refractivity contribution < 1.29 is 0 Å². The molecule has 19 heavy (non-hydrogen) atoms. The third kappa shape index (κ3) is 1.89. The molecule has 4 bridgehead atoms. The van der Waals surface area contributed by atoms with Crippen molar-refractivity contribution in [3.05, 3.63) is 11.8 Å². The van der Waals surface area contributed by atoms with E-state index in [2.05, 4.69) is 5.10 Å². The number of aryl methyl sites for hydroxylation is 2. The molecule has 0 atom stereocenters. The molecule has 0 spiro atoms. The second-order valence-electron chi connectivity index (χ2n) is 7.32. The zero-order valence-corrected chi connectivity index (χ0v) is 11.9. The van der Waals surface area contributed by atoms with Crippen molar-refractivity contribution in [1.29, 1.82) is 0 Å². The van der Waals surface area contributed by atoms with Crippen LogP contribution in [0.15, 0.2) is 6.20 Å². The Morgan fingerprint density at radius 3 is 2.32 bits per heavy atom. The van der Waals surface area contributed by atoms with E-state index in [0.717, 1.165) is 47.5 Å². The molecule has 3 nitrogen and oxygen atoms in total. The Morgan fingerprint density at radius 2 is 1.79 bits per heavy atom. The number of nitrogens with zero attached hydrogens (tertiary/aromatic N) is 2. The lowest BCUT2D eigenvalue weighted by Gasteiger charge is -2.54. The molecule has 0 aromatic carbocycles. The van der Waals surface area contributed by atoms with Crippen LogP contribution >= 0.6 is 0 Å². The van der Waals surface area contributed by atoms with Crippen LogP contribution in [0.3, 0.4) is 0 Å². The van der Waals surface area contributed by atoms with Gasteiger partial charge in [-0.3, -0.25) is 0 Å². The van der Waals surface area contributed by atoms with Gasteiger partial charge in [0.05, 0.1) is 6.20 Å². The number of nitrogen functional groups attached to an aromatic ring is 1. The van der Waals surface area contributed by atoms with E-state index < -0.39 is 0 Å². The van der Waals surface area contributed by atoms with E-state index in [0.29, 0.717) is 0 Å². The van der Waals surface area contributed by atoms with Crippen LogP contribution in [0.2, 0.25) is 0 Å². The van der Waals surface area contributed by atoms with Crippen molar-refractivity contribution in [2.75, 3.05) is 5.73 Å². The topological polar surface area (TPSA) is 43.8 Å². The van der Waals surface area contributed by atoms with Gasteiger partial charge in [0, 0.05) is 12.1 Å². The van der Waals surface area contributed by atoms with Gasteiger partial charge in [-0.05, 0) is 75.0 Å². The Morgan fingerprint density at radius 1 is 1.16 bits per heavy atom. The lowest BCUT2D eigenvalue weighted by Crippen LogP contribution is -2.45. The Bertz CT molecular complexity index is 448. The lowest BCUT2D eigenvalue weighted by atomic mass is 9.51. The molecule has 0 unspecified atom stereocenters. The highest BCUT2D eigenvalue weighted by atomic mass is 15.3. The molecule has 104 valence electrons. The molecule has 0 amide bonds. The highest BCUT2D eigenvalue weighted by molar-refractivity contribution is 5.36. The van der Waals surface area contributed by atoms with Gasteiger partial charge >= 0.3 is 0 Å². The van der Waals surface area contributed by atoms with Gasteiger partial charge in [0.15, 0.2) is 0 Å². The molecule has 1 heterocycles. The summed E-state index contributed by atoms with van der Waals surface area (Å²) in [6.07, 6.45) is 10.8. The molecule has 1 aromatic heterocycles. The van der Waals surface area contributed by atoms with Crippen LogP contribution in [0.25, 0.3) is 0 Å². The normalized spacial score (nSPS) is 39.9. The monoisotopic (exact) mass is 259 g/mol. The minimum Gasteiger partial charge on any atom is -0.384 e. The molecule has 2 N–H and O–H groups in total. The molecular formula is C16H25N3. The SMILES string of the molecule is Cc1cnn(CCC2C3CC4CC(C3)CC2C4)c1N. The summed E-state index contributed by atoms with van der Waals surface area (Å²) in [7, 11) is 0. The van der Waals surface area contributed by atoms with Crippen LogP contribution in [-0.2, 0) is 6.54 Å². The van der Waals surface area contributed by atoms with Crippen LogP contribution in [0.5, 0.6) is 0 Å². The summed E-state index contributed by atoms with van der Waals surface area (Å²) < 4.78 is 2.01. The first-order valence-corrected chi connectivity index (χ1v) is 7.98. The van der Waals surface area contributed by atoms with Gasteiger partial charge in [0.1, 0.15) is 5.82 Å². The van der Waals surface area contributed by atoms with Crippen LogP contribution in [-0.4, -0.2) is 9.78 Å². The summed E-state index contributed by atoms with van der Waals surface area (Å²) in [4.78, 5) is 0. The first kappa shape index (κ1) is 11.8. The second-order valence-corrected chi connectivity index (χ2v) is 7.32. The Balaban J connectivity index is 1.45. The summed E-state index contributed by atoms with van der Waals surface area (Å²) in [5.74, 6) is 6.02. The van der Waals surface area contributed by atoms with Crippen molar-refractivity contribution >= 4 is 5.82 Å². The third-order valence-corrected chi connectivity index (χ3v) is 6.17. The fourth-order valence-corrected chi connectivity index (χ4v) is 5.45. The highest BCUT2D eigenvalue weighted by Gasteiger charge is 2.47. The summed E-state index contributed by atoms with van der Waals surface area (Å²) in [6.45, 7) is 3.06. The fourth-order valence-electron chi connectivity index (χ4n) is 5.45. The predicted molar refractivity (Wildman–Crippen MR) is 76.5 cm³/mol. The average Bonchev–Trinajstić information content (AvgIpc) is 2.69. The zero-order valence-electron chi connectivity index (χ0n) is 11.9. The first-order chi connectivity index (χ1) is 9.20. The molecule has 0 radical (unpaired) electrons. The minimum atomic E-state index is 0.865. The maximum Gasteiger partial charge on any atom is 0.124 e. The molecular weight excluding hydrogens is 234 g/mol. The highest BCUT2D eigenvalue weighted by Crippen LogP contribution is 2.57. The maximum absolute atomic E-state index is 6.06. The number of nitrogens with two attached hydrogens (primary N) is 1. The van der Waals surface area contributed by atoms with E-state index in [9.17, 15) is 0 Å². The number of anilines is 1. The maximum atomic E-state index is 6.06. The Hall–Kier alpha value is -0.990. The summed E-state index contributed by atoms with van der Waals surface area (Å²) in [5.41, 5.74) is 7.18. The molecule has 4 aliphatic rings. The summed E-state index contributed by atoms with van der Waals surface area (Å²) >= 11 is 0. The van der Waals surface area contributed by atoms with Gasteiger partial charge in [-0.25, -0.2) is 4.68 Å². The van der Waals surface area contributed by atoms with E-state index in [1.54, 1.807) is 6.42 Å². The average molecular weight is 259 g/mol. The third-order valence-electron chi connectivity index (χ3n) is 6.17. The number of hydrogen-bond donors (Lipinski definition) is 1. The van der Waals surface area contributed by atoms with E-state index in [4.69, 9.17) is 5.73 Å². The van der Waals surface area contributed by atoms with Gasteiger partial charge in [-0.2, -0.15) is 5.10 Å². The van der Waals surface area contributed by atoms with Crippen molar-refractivity contribution in [3.8, 4) is 0 Å². The van der Waals surface area contributed by atoms with Crippen LogP contribution in [0, 0.1) is 36.5 Å². The van der Waals surface area contributed by atoms with Gasteiger partial charge in [-0.15, -0.1) is 0 Å². The van der Waals surface area contributed by atoms with E-state index in [-0.39, 0.29) is 0 Å². The van der Waals surface area contributed by atoms with Crippen molar-refractivity contribution in [1.82, 2.24) is 9.78 Å². The summed E-state index contributed by atoms with van der Waals surface area (Å²) in [5, 5.41) is 4.41. The number of hydrogen-bond acceptors (Lipinski definition) is 2. The quantitative estimate of drug-likeness (QED) is 0.905. The predicted octanol–water partition coefficient (Wildman–Crippen LogP) is 3.24. The standard InChI is InChI=1S/C16H25N3/c1-10-9-18-19(16(10)17)3-2-15-13-5-11-4-12(7-13)8-14(15)6-11/h9,11-15H,2-8,17H2,1H3. The van der Waals surface area contributed by atoms with Crippen LogP contribution in [0.4, 0.5) is 5.82 Å². The summed E-state index contributed by atoms with van der Waals surface area (Å²) in [6, 6.07) is 0. The fraction of sp³-hybridized carbons (Fsp3) is 0.812. The van der Waals surface area contributed by atoms with E-state index in [1.165, 1.54) is 32.1 Å². The van der Waals surface area contributed by atoms with Crippen LogP contribution < -0.4 is 5.73 Å². The van der Waals surface area contributed by atoms with Crippen LogP contribution in [0.1, 0.15) is 44.1 Å². The van der Waals surface area contributed by atoms with E-state index in [1.807, 2.05) is 17.8 Å². The smallest absolute Gasteiger partial charge is 0.124 e. The van der Waals surface area contributed by atoms with Gasteiger partial charge in [0.25, 0.3) is 0 Å². The Labute approximate surface area is 115 Å². The largest absolute Gasteiger partial charge is 0.384 e. The lowest BCUT2D eigenvalue weighted by molar-refractivity contribution is -0.0413. The Kier molecular flexibility index (Phi) is 2.64. The minimum absolute atomic E-state index is 0.865. The number of rotatable bonds is 3. The van der Waals surface area contributed by atoms with Crippen molar-refractivity contribution in [2.45, 2.75) is 52.0 Å². The molecule has 0 saturated heterocycles. The van der Waals surface area contributed by atoms with E-state index >= 15 is 0 Å². The zero-order chi connectivity index (χ0) is 13.0. The second kappa shape index (κ2) is 4.26. The molecule has 0 aliphatic heterocycles. The molecule has 3 heteroatoms. The van der Waals surface area contributed by atoms with Gasteiger partial charge in [0.2, 0.25) is 0 Å². The molecule has 4 fully saturated rings. The first-order valence-electron chi connectivity index (χ1n) is 7.98.